The molecule has 2 N–H and O–H groups in total. The highest BCUT2D eigenvalue weighted by molar-refractivity contribution is 5.60. The maximum Gasteiger partial charge on any atom is 0.218 e. The lowest BCUT2D eigenvalue weighted by Gasteiger charge is -2.13. The van der Waals surface area contributed by atoms with Gasteiger partial charge in [0.2, 0.25) is 6.23 Å². The second-order valence-electron chi connectivity index (χ2n) is 3.51. The molecule has 0 aromatic heterocycles. The average molecular weight is 236 g/mol. The molecule has 0 saturated heterocycles. The second kappa shape index (κ2) is 8.01. The number of benzene rings is 1. The molecule has 0 saturated carbocycles. The molecule has 2 rings (SSSR count). The highest BCUT2D eigenvalue weighted by Crippen LogP contribution is 2.12. The van der Waals surface area contributed by atoms with Crippen LogP contribution in [0.1, 0.15) is 19.4 Å². The van der Waals surface area contributed by atoms with E-state index in [1.165, 1.54) is 11.3 Å². The van der Waals surface area contributed by atoms with E-state index in [1.54, 1.807) is 7.11 Å². The molecule has 0 spiro atoms. The highest BCUT2D eigenvalue weighted by atomic mass is 16.5. The number of hydrogen-bond donors (Lipinski definition) is 1. The zero-order valence-electron chi connectivity index (χ0n) is 10.8. The van der Waals surface area contributed by atoms with Gasteiger partial charge in [0.1, 0.15) is 12.3 Å². The van der Waals surface area contributed by atoms with Crippen LogP contribution in [0.15, 0.2) is 30.3 Å². The molecule has 1 atom stereocenters. The normalized spacial score (nSPS) is 21.0. The van der Waals surface area contributed by atoms with Gasteiger partial charge in [-0.1, -0.05) is 38.1 Å². The van der Waals surface area contributed by atoms with Gasteiger partial charge in [0.15, 0.2) is 0 Å². The standard InChI is InChI=1S/C12H15NO2.C2H6/c1-14-12-9-15-8-4-6-10-5-2-3-7-11(10)13-12;1-2/h2-7,12-13H,8-9H2,1H3;1-2H3/p+1/b6-4-;. The maximum atomic E-state index is 5.45. The van der Waals surface area contributed by atoms with Crippen LogP contribution in [-0.4, -0.2) is 26.6 Å². The Morgan fingerprint density at radius 1 is 1.29 bits per heavy atom. The van der Waals surface area contributed by atoms with Gasteiger partial charge in [-0.2, -0.15) is 0 Å². The SMILES string of the molecule is CC.COC1COC/C=C\c2ccccc2[NH2+]1. The van der Waals surface area contributed by atoms with Gasteiger partial charge in [0.25, 0.3) is 0 Å². The van der Waals surface area contributed by atoms with Gasteiger partial charge in [0.05, 0.1) is 6.61 Å². The van der Waals surface area contributed by atoms with E-state index in [-0.39, 0.29) is 6.23 Å². The number of ether oxygens (including phenoxy) is 2. The summed E-state index contributed by atoms with van der Waals surface area (Å²) < 4.78 is 10.8. The fourth-order valence-electron chi connectivity index (χ4n) is 1.63. The lowest BCUT2D eigenvalue weighted by molar-refractivity contribution is -0.657. The molecule has 17 heavy (non-hydrogen) atoms. The van der Waals surface area contributed by atoms with Crippen molar-refractivity contribution in [1.82, 2.24) is 0 Å². The number of methoxy groups -OCH3 is 1. The molecule has 0 aliphatic carbocycles. The van der Waals surface area contributed by atoms with Crippen molar-refractivity contribution in [2.24, 2.45) is 0 Å². The summed E-state index contributed by atoms with van der Waals surface area (Å²) in [4.78, 5) is 0. The van der Waals surface area contributed by atoms with E-state index in [0.717, 1.165) is 0 Å². The van der Waals surface area contributed by atoms with Crippen molar-refractivity contribution in [2.45, 2.75) is 20.1 Å². The topological polar surface area (TPSA) is 35.1 Å². The predicted molar refractivity (Wildman–Crippen MR) is 70.0 cm³/mol. The quantitative estimate of drug-likeness (QED) is 0.756. The zero-order chi connectivity index (χ0) is 12.5. The molecule has 0 bridgehead atoms. The molecule has 1 aromatic rings. The molecule has 3 heteroatoms. The van der Waals surface area contributed by atoms with Crippen LogP contribution in [0.4, 0.5) is 5.69 Å². The Balaban J connectivity index is 0.000000686. The fraction of sp³-hybridized carbons (Fsp3) is 0.429. The summed E-state index contributed by atoms with van der Waals surface area (Å²) in [5.74, 6) is 0. The first-order valence-corrected chi connectivity index (χ1v) is 6.11. The van der Waals surface area contributed by atoms with Crippen LogP contribution in [0.3, 0.4) is 0 Å². The van der Waals surface area contributed by atoms with Gasteiger partial charge in [-0.15, -0.1) is 0 Å². The molecular weight excluding hydrogens is 214 g/mol. The number of quaternary nitrogens is 1. The molecule has 0 fully saturated rings. The summed E-state index contributed by atoms with van der Waals surface area (Å²) in [6, 6.07) is 8.27. The van der Waals surface area contributed by atoms with E-state index in [2.05, 4.69) is 23.5 Å². The summed E-state index contributed by atoms with van der Waals surface area (Å²) in [6.07, 6.45) is 4.15. The van der Waals surface area contributed by atoms with Gasteiger partial charge < -0.3 is 9.47 Å². The van der Waals surface area contributed by atoms with Crippen molar-refractivity contribution in [2.75, 3.05) is 20.3 Å². The summed E-state index contributed by atoms with van der Waals surface area (Å²) in [6.45, 7) is 5.25. The van der Waals surface area contributed by atoms with E-state index < -0.39 is 0 Å². The van der Waals surface area contributed by atoms with Crippen LogP contribution in [0.25, 0.3) is 6.08 Å². The van der Waals surface area contributed by atoms with Gasteiger partial charge in [-0.3, -0.25) is 5.32 Å². The van der Waals surface area contributed by atoms with E-state index in [0.29, 0.717) is 13.2 Å². The van der Waals surface area contributed by atoms with E-state index >= 15 is 0 Å². The van der Waals surface area contributed by atoms with Gasteiger partial charge >= 0.3 is 0 Å². The van der Waals surface area contributed by atoms with Gasteiger partial charge in [0, 0.05) is 12.7 Å². The molecule has 1 heterocycles. The van der Waals surface area contributed by atoms with E-state index in [9.17, 15) is 0 Å². The Hall–Kier alpha value is -1.16. The molecule has 0 amide bonds. The molecule has 1 aliphatic heterocycles. The minimum atomic E-state index is 0.0334. The minimum Gasteiger partial charge on any atom is -0.368 e. The lowest BCUT2D eigenvalue weighted by atomic mass is 10.1. The third-order valence-electron chi connectivity index (χ3n) is 2.46. The van der Waals surface area contributed by atoms with Crippen LogP contribution < -0.4 is 5.32 Å². The Morgan fingerprint density at radius 3 is 2.82 bits per heavy atom. The summed E-state index contributed by atoms with van der Waals surface area (Å²) in [7, 11) is 1.71. The average Bonchev–Trinajstić information content (AvgIpc) is 2.50. The lowest BCUT2D eigenvalue weighted by Crippen LogP contribution is -2.86. The number of hydrogen-bond acceptors (Lipinski definition) is 2. The highest BCUT2D eigenvalue weighted by Gasteiger charge is 2.14. The molecule has 1 aromatic carbocycles. The third-order valence-corrected chi connectivity index (χ3v) is 2.46. The molecule has 1 unspecified atom stereocenters. The number of para-hydroxylation sites is 1. The minimum absolute atomic E-state index is 0.0334. The molecule has 3 nitrogen and oxygen atoms in total. The zero-order valence-corrected chi connectivity index (χ0v) is 10.8. The van der Waals surface area contributed by atoms with Crippen molar-refractivity contribution in [3.63, 3.8) is 0 Å². The largest absolute Gasteiger partial charge is 0.368 e. The predicted octanol–water partition coefficient (Wildman–Crippen LogP) is 1.92. The Bertz CT molecular complexity index is 350. The van der Waals surface area contributed by atoms with E-state index in [1.807, 2.05) is 32.1 Å². The third kappa shape index (κ3) is 4.30. The summed E-state index contributed by atoms with van der Waals surface area (Å²) in [5, 5.41) is 2.10. The van der Waals surface area contributed by atoms with Gasteiger partial charge in [-0.05, 0) is 12.1 Å². The van der Waals surface area contributed by atoms with Crippen LogP contribution in [-0.2, 0) is 9.47 Å². The second-order valence-corrected chi connectivity index (χ2v) is 3.51. The van der Waals surface area contributed by atoms with Crippen molar-refractivity contribution in [3.05, 3.63) is 35.9 Å². The number of nitrogens with two attached hydrogens (primary N) is 1. The Kier molecular flexibility index (Phi) is 6.55. The number of rotatable bonds is 1. The van der Waals surface area contributed by atoms with Crippen LogP contribution in [0.2, 0.25) is 0 Å². The van der Waals surface area contributed by atoms with Crippen molar-refractivity contribution in [3.8, 4) is 0 Å². The van der Waals surface area contributed by atoms with Crippen molar-refractivity contribution < 1.29 is 14.8 Å². The first-order chi connectivity index (χ1) is 8.40. The van der Waals surface area contributed by atoms with Crippen LogP contribution in [0.5, 0.6) is 0 Å². The summed E-state index contributed by atoms with van der Waals surface area (Å²) >= 11 is 0. The fourth-order valence-corrected chi connectivity index (χ4v) is 1.63. The Labute approximate surface area is 103 Å². The molecule has 1 aliphatic rings. The van der Waals surface area contributed by atoms with E-state index in [4.69, 9.17) is 9.47 Å². The smallest absolute Gasteiger partial charge is 0.218 e. The monoisotopic (exact) mass is 236 g/mol. The van der Waals surface area contributed by atoms with Crippen molar-refractivity contribution in [1.29, 1.82) is 0 Å². The summed E-state index contributed by atoms with van der Waals surface area (Å²) in [5.41, 5.74) is 2.41. The van der Waals surface area contributed by atoms with Crippen molar-refractivity contribution >= 4 is 11.8 Å². The molecular formula is C14H22NO2+. The number of fused-ring (bicyclic) bond motifs is 1. The first-order valence-electron chi connectivity index (χ1n) is 6.11. The molecule has 0 radical (unpaired) electrons. The van der Waals surface area contributed by atoms with Crippen LogP contribution in [0, 0.1) is 0 Å². The van der Waals surface area contributed by atoms with Crippen LogP contribution >= 0.6 is 0 Å². The maximum absolute atomic E-state index is 5.45. The molecule has 94 valence electrons. The van der Waals surface area contributed by atoms with Gasteiger partial charge in [-0.25, -0.2) is 0 Å². The Morgan fingerprint density at radius 2 is 2.06 bits per heavy atom. The first kappa shape index (κ1) is 13.9.